The molecular formula is C32H39Cl2N5O6. The highest BCUT2D eigenvalue weighted by Crippen LogP contribution is 2.43. The number of likely N-dealkylation sites (tertiary alicyclic amines) is 1. The van der Waals surface area contributed by atoms with Crippen molar-refractivity contribution in [1.29, 1.82) is 0 Å². The molecule has 4 fully saturated rings. The van der Waals surface area contributed by atoms with Gasteiger partial charge >= 0.3 is 0 Å². The van der Waals surface area contributed by atoms with Crippen LogP contribution in [0.5, 0.6) is 0 Å². The van der Waals surface area contributed by atoms with Gasteiger partial charge in [-0.2, -0.15) is 0 Å². The number of H-pyrrole nitrogens is 1. The Kier molecular flexibility index (Phi) is 9.68. The summed E-state index contributed by atoms with van der Waals surface area (Å²) in [7, 11) is 0. The van der Waals surface area contributed by atoms with Crippen LogP contribution in [0.4, 0.5) is 0 Å². The lowest BCUT2D eigenvalue weighted by Crippen LogP contribution is -2.55. The molecule has 4 aliphatic rings. The number of ketones is 1. The summed E-state index contributed by atoms with van der Waals surface area (Å²) in [5, 5.41) is 9.68. The zero-order valence-electron chi connectivity index (χ0n) is 25.0. The van der Waals surface area contributed by atoms with Gasteiger partial charge in [0.25, 0.3) is 11.8 Å². The fraction of sp³-hybridized carbons (Fsp3) is 0.594. The summed E-state index contributed by atoms with van der Waals surface area (Å²) in [6, 6.07) is 2.93. The fourth-order valence-electron chi connectivity index (χ4n) is 7.62. The number of benzene rings is 1. The number of halogens is 2. The lowest BCUT2D eigenvalue weighted by Gasteiger charge is -2.29. The number of aromatic nitrogens is 1. The Balaban J connectivity index is 1.18. The molecule has 2 saturated heterocycles. The molecule has 1 aromatic carbocycles. The molecule has 0 spiro atoms. The van der Waals surface area contributed by atoms with E-state index in [9.17, 15) is 24.0 Å². The second-order valence-electron chi connectivity index (χ2n) is 12.8. The topological polar surface area (TPSA) is 150 Å². The van der Waals surface area contributed by atoms with E-state index in [0.29, 0.717) is 47.1 Å². The predicted octanol–water partition coefficient (Wildman–Crippen LogP) is 3.37. The maximum atomic E-state index is 14.0. The van der Waals surface area contributed by atoms with Crippen LogP contribution in [0.3, 0.4) is 0 Å². The molecule has 242 valence electrons. The van der Waals surface area contributed by atoms with Gasteiger partial charge in [0, 0.05) is 36.0 Å². The summed E-state index contributed by atoms with van der Waals surface area (Å²) in [6.45, 7) is 1.33. The number of fused-ring (bicyclic) bond motifs is 2. The van der Waals surface area contributed by atoms with Crippen LogP contribution < -0.4 is 16.0 Å². The lowest BCUT2D eigenvalue weighted by molar-refractivity contribution is -0.141. The Morgan fingerprint density at radius 1 is 1.02 bits per heavy atom. The zero-order valence-corrected chi connectivity index (χ0v) is 26.6. The van der Waals surface area contributed by atoms with Crippen molar-refractivity contribution >= 4 is 63.5 Å². The van der Waals surface area contributed by atoms with Crippen molar-refractivity contribution in [3.05, 3.63) is 33.9 Å². The predicted molar refractivity (Wildman–Crippen MR) is 168 cm³/mol. The highest BCUT2D eigenvalue weighted by atomic mass is 35.5. The van der Waals surface area contributed by atoms with Crippen molar-refractivity contribution < 1.29 is 28.7 Å². The van der Waals surface area contributed by atoms with Gasteiger partial charge in [-0.3, -0.25) is 24.0 Å². The van der Waals surface area contributed by atoms with Crippen molar-refractivity contribution in [2.45, 2.75) is 76.0 Å². The van der Waals surface area contributed by atoms with E-state index in [-0.39, 0.29) is 48.4 Å². The van der Waals surface area contributed by atoms with Crippen LogP contribution in [-0.4, -0.2) is 83.7 Å². The van der Waals surface area contributed by atoms with Crippen LogP contribution in [0.2, 0.25) is 10.0 Å². The van der Waals surface area contributed by atoms with Gasteiger partial charge in [0.1, 0.15) is 11.7 Å². The summed E-state index contributed by atoms with van der Waals surface area (Å²) < 4.78 is 5.79. The Hall–Kier alpha value is -3.15. The third-order valence-electron chi connectivity index (χ3n) is 9.88. The second-order valence-corrected chi connectivity index (χ2v) is 13.6. The first-order valence-electron chi connectivity index (χ1n) is 16.0. The van der Waals surface area contributed by atoms with Crippen LogP contribution >= 0.6 is 23.2 Å². The SMILES string of the molecule is O=C(NCCOC1CCCC1)C(=O)C(CC1CCNC1=O)NC(=O)C1C2CCCC2CN1C(=O)c1cc2cc(Cl)cc(Cl)c2[nH]1. The first-order chi connectivity index (χ1) is 21.7. The molecule has 2 aliphatic carbocycles. The first kappa shape index (κ1) is 31.8. The highest BCUT2D eigenvalue weighted by Gasteiger charge is 2.50. The molecule has 1 aromatic heterocycles. The molecule has 4 N–H and O–H groups in total. The number of ether oxygens (including phenoxy) is 1. The van der Waals surface area contributed by atoms with Gasteiger partial charge in [-0.25, -0.2) is 0 Å². The monoisotopic (exact) mass is 659 g/mol. The minimum absolute atomic E-state index is 0.00155. The first-order valence-corrected chi connectivity index (χ1v) is 16.8. The Labute approximate surface area is 271 Å². The van der Waals surface area contributed by atoms with Gasteiger partial charge < -0.3 is 30.6 Å². The molecule has 4 amide bonds. The van der Waals surface area contributed by atoms with E-state index in [4.69, 9.17) is 27.9 Å². The van der Waals surface area contributed by atoms with Gasteiger partial charge in [-0.05, 0) is 68.6 Å². The average Bonchev–Trinajstić information content (AvgIpc) is 3.83. The number of aromatic amines is 1. The average molecular weight is 661 g/mol. The van der Waals surface area contributed by atoms with E-state index in [1.165, 1.54) is 0 Å². The summed E-state index contributed by atoms with van der Waals surface area (Å²) >= 11 is 12.5. The van der Waals surface area contributed by atoms with E-state index in [0.717, 1.165) is 44.9 Å². The molecule has 6 rings (SSSR count). The van der Waals surface area contributed by atoms with Crippen LogP contribution in [0.15, 0.2) is 18.2 Å². The Bertz CT molecular complexity index is 1490. The molecule has 45 heavy (non-hydrogen) atoms. The molecule has 2 saturated carbocycles. The minimum atomic E-state index is -1.21. The van der Waals surface area contributed by atoms with E-state index in [1.807, 2.05) is 0 Å². The van der Waals surface area contributed by atoms with Crippen molar-refractivity contribution in [3.8, 4) is 0 Å². The van der Waals surface area contributed by atoms with Gasteiger partial charge in [0.05, 0.1) is 29.3 Å². The zero-order chi connectivity index (χ0) is 31.7. The number of carbonyl (C=O) groups excluding carboxylic acids is 5. The molecule has 0 bridgehead atoms. The lowest BCUT2D eigenvalue weighted by atomic mass is 9.91. The Morgan fingerprint density at radius 3 is 2.58 bits per heavy atom. The summed E-state index contributed by atoms with van der Waals surface area (Å²) in [6.07, 6.45) is 7.53. The number of Topliss-reactive ketones (excluding diaryl/α,β-unsaturated/α-hetero) is 1. The molecule has 2 aromatic rings. The summed E-state index contributed by atoms with van der Waals surface area (Å²) in [5.41, 5.74) is 0.853. The Morgan fingerprint density at radius 2 is 1.82 bits per heavy atom. The smallest absolute Gasteiger partial charge is 0.289 e. The number of hydrogen-bond donors (Lipinski definition) is 4. The van der Waals surface area contributed by atoms with Crippen molar-refractivity contribution in [1.82, 2.24) is 25.8 Å². The van der Waals surface area contributed by atoms with E-state index in [2.05, 4.69) is 20.9 Å². The molecule has 5 unspecified atom stereocenters. The molecular weight excluding hydrogens is 621 g/mol. The second kappa shape index (κ2) is 13.7. The highest BCUT2D eigenvalue weighted by molar-refractivity contribution is 6.39. The van der Waals surface area contributed by atoms with Crippen LogP contribution in [0.25, 0.3) is 10.9 Å². The molecule has 3 heterocycles. The fourth-order valence-corrected chi connectivity index (χ4v) is 8.18. The standard InChI is InChI=1S/C32H39Cl2N5O6/c33-20-12-19-14-25(37-26(19)23(34)15-20)32(44)39-16-18-4-3-7-22(18)27(39)30(42)38-24(13-17-8-9-35-29(17)41)28(40)31(43)36-10-11-45-21-5-1-2-6-21/h12,14-15,17-18,21-22,24,27,37H,1-11,13,16H2,(H,35,41)(H,36,43)(H,38,42). The number of carbonyl (C=O) groups is 5. The van der Waals surface area contributed by atoms with E-state index < -0.39 is 35.6 Å². The van der Waals surface area contributed by atoms with Crippen LogP contribution in [0.1, 0.15) is 68.3 Å². The summed E-state index contributed by atoms with van der Waals surface area (Å²) in [5.74, 6) is -3.16. The number of nitrogens with zero attached hydrogens (tertiary/aromatic N) is 1. The van der Waals surface area contributed by atoms with E-state index >= 15 is 0 Å². The van der Waals surface area contributed by atoms with Gasteiger partial charge in [0.15, 0.2) is 0 Å². The molecule has 11 nitrogen and oxygen atoms in total. The van der Waals surface area contributed by atoms with Crippen molar-refractivity contribution in [2.75, 3.05) is 26.2 Å². The molecule has 5 atom stereocenters. The molecule has 2 aliphatic heterocycles. The number of amides is 4. The van der Waals surface area contributed by atoms with Gasteiger partial charge in [-0.15, -0.1) is 0 Å². The quantitative estimate of drug-likeness (QED) is 0.215. The maximum Gasteiger partial charge on any atom is 0.289 e. The third kappa shape index (κ3) is 6.85. The third-order valence-corrected chi connectivity index (χ3v) is 10.4. The van der Waals surface area contributed by atoms with Crippen molar-refractivity contribution in [2.24, 2.45) is 17.8 Å². The minimum Gasteiger partial charge on any atom is -0.376 e. The number of rotatable bonds is 11. The van der Waals surface area contributed by atoms with Gasteiger partial charge in [0.2, 0.25) is 17.6 Å². The number of nitrogens with one attached hydrogen (secondary N) is 4. The maximum absolute atomic E-state index is 14.0. The number of hydrogen-bond acceptors (Lipinski definition) is 6. The van der Waals surface area contributed by atoms with E-state index in [1.54, 1.807) is 23.1 Å². The van der Waals surface area contributed by atoms with Gasteiger partial charge in [-0.1, -0.05) is 42.5 Å². The largest absolute Gasteiger partial charge is 0.376 e. The van der Waals surface area contributed by atoms with Crippen molar-refractivity contribution in [3.63, 3.8) is 0 Å². The molecule has 13 heteroatoms. The summed E-state index contributed by atoms with van der Waals surface area (Å²) in [4.78, 5) is 71.4. The molecule has 0 radical (unpaired) electrons. The van der Waals surface area contributed by atoms with Crippen LogP contribution in [-0.2, 0) is 23.9 Å². The normalized spacial score (nSPS) is 25.4. The van der Waals surface area contributed by atoms with Crippen LogP contribution in [0, 0.1) is 17.8 Å².